The maximum Gasteiger partial charge on any atom is 0.193 e. The molecule has 0 unspecified atom stereocenters. The van der Waals surface area contributed by atoms with E-state index in [0.29, 0.717) is 0 Å². The maximum absolute atomic E-state index is 12.3. The lowest BCUT2D eigenvalue weighted by Gasteiger charge is -2.05. The largest absolute Gasteiger partial charge is 0.289 e. The Morgan fingerprint density at radius 3 is 1.94 bits per heavy atom. The molecule has 0 atom stereocenters. The van der Waals surface area contributed by atoms with Crippen LogP contribution >= 0.6 is 11.8 Å². The summed E-state index contributed by atoms with van der Waals surface area (Å²) in [5.41, 5.74) is 3.76. The van der Waals surface area contributed by atoms with Crippen LogP contribution in [-0.4, -0.2) is 12.0 Å². The average Bonchev–Trinajstić information content (AvgIpc) is 2.37. The molecule has 0 amide bonds. The molecule has 0 saturated heterocycles. The molecule has 0 N–H and O–H groups in total. The van der Waals surface area contributed by atoms with Crippen molar-refractivity contribution in [1.29, 1.82) is 0 Å². The highest BCUT2D eigenvalue weighted by Crippen LogP contribution is 2.18. The third-order valence-electron chi connectivity index (χ3n) is 2.84. The van der Waals surface area contributed by atoms with Crippen molar-refractivity contribution in [2.75, 3.05) is 6.26 Å². The van der Waals surface area contributed by atoms with Gasteiger partial charge in [-0.2, -0.15) is 0 Å². The summed E-state index contributed by atoms with van der Waals surface area (Å²) in [6, 6.07) is 13.7. The number of carbonyl (C=O) groups is 1. The van der Waals surface area contributed by atoms with Gasteiger partial charge in [0, 0.05) is 16.0 Å². The van der Waals surface area contributed by atoms with Crippen molar-refractivity contribution in [3.63, 3.8) is 0 Å². The Labute approximate surface area is 112 Å². The summed E-state index contributed by atoms with van der Waals surface area (Å²) in [7, 11) is 0. The van der Waals surface area contributed by atoms with Crippen molar-refractivity contribution in [3.05, 3.63) is 64.7 Å². The lowest BCUT2D eigenvalue weighted by Crippen LogP contribution is -2.02. The number of benzene rings is 2. The number of rotatable bonds is 3. The van der Waals surface area contributed by atoms with Gasteiger partial charge in [0.1, 0.15) is 0 Å². The van der Waals surface area contributed by atoms with Crippen LogP contribution in [0.2, 0.25) is 0 Å². The Morgan fingerprint density at radius 2 is 1.44 bits per heavy atom. The van der Waals surface area contributed by atoms with E-state index >= 15 is 0 Å². The van der Waals surface area contributed by atoms with Crippen LogP contribution in [0.25, 0.3) is 0 Å². The van der Waals surface area contributed by atoms with Gasteiger partial charge in [0.05, 0.1) is 0 Å². The number of carbonyl (C=O) groups excluding carboxylic acids is 1. The van der Waals surface area contributed by atoms with Crippen LogP contribution in [0.3, 0.4) is 0 Å². The van der Waals surface area contributed by atoms with Crippen molar-refractivity contribution in [2.24, 2.45) is 0 Å². The summed E-state index contributed by atoms with van der Waals surface area (Å²) in [6.07, 6.45) is 2.03. The van der Waals surface area contributed by atoms with Crippen LogP contribution in [-0.2, 0) is 0 Å². The van der Waals surface area contributed by atoms with Crippen LogP contribution in [0.4, 0.5) is 0 Å². The SMILES string of the molecule is CSc1ccc(C(=O)c2cc(C)cc(C)c2)cc1. The summed E-state index contributed by atoms with van der Waals surface area (Å²) < 4.78 is 0. The molecular weight excluding hydrogens is 240 g/mol. The highest BCUT2D eigenvalue weighted by atomic mass is 32.2. The van der Waals surface area contributed by atoms with Gasteiger partial charge in [-0.1, -0.05) is 17.2 Å². The first-order chi connectivity index (χ1) is 8.60. The number of thioether (sulfide) groups is 1. The molecule has 0 bridgehead atoms. The Morgan fingerprint density at radius 1 is 0.889 bits per heavy atom. The zero-order chi connectivity index (χ0) is 13.1. The molecule has 0 fully saturated rings. The smallest absolute Gasteiger partial charge is 0.193 e. The minimum absolute atomic E-state index is 0.0921. The van der Waals surface area contributed by atoms with Gasteiger partial charge in [-0.25, -0.2) is 0 Å². The molecular formula is C16H16OS. The Hall–Kier alpha value is -1.54. The molecule has 0 aromatic heterocycles. The summed E-state index contributed by atoms with van der Waals surface area (Å²) in [6.45, 7) is 4.03. The molecule has 0 saturated carbocycles. The van der Waals surface area contributed by atoms with E-state index in [9.17, 15) is 4.79 Å². The van der Waals surface area contributed by atoms with Gasteiger partial charge in [-0.05, 0) is 56.5 Å². The minimum atomic E-state index is 0.0921. The van der Waals surface area contributed by atoms with Gasteiger partial charge < -0.3 is 0 Å². The van der Waals surface area contributed by atoms with Crippen molar-refractivity contribution in [1.82, 2.24) is 0 Å². The van der Waals surface area contributed by atoms with Gasteiger partial charge >= 0.3 is 0 Å². The van der Waals surface area contributed by atoms with Crippen LogP contribution in [0.15, 0.2) is 47.4 Å². The fourth-order valence-corrected chi connectivity index (χ4v) is 2.42. The third-order valence-corrected chi connectivity index (χ3v) is 3.58. The van der Waals surface area contributed by atoms with Gasteiger partial charge in [-0.15, -0.1) is 11.8 Å². The molecule has 2 aromatic carbocycles. The summed E-state index contributed by atoms with van der Waals surface area (Å²) in [5.74, 6) is 0.0921. The van der Waals surface area contributed by atoms with Gasteiger partial charge in [-0.3, -0.25) is 4.79 Å². The molecule has 1 nitrogen and oxygen atoms in total. The lowest BCUT2D eigenvalue weighted by molar-refractivity contribution is 0.103. The van der Waals surface area contributed by atoms with Crippen molar-refractivity contribution in [3.8, 4) is 0 Å². The van der Waals surface area contributed by atoms with Crippen LogP contribution < -0.4 is 0 Å². The van der Waals surface area contributed by atoms with E-state index in [1.807, 2.05) is 56.5 Å². The van der Waals surface area contributed by atoms with E-state index in [0.717, 1.165) is 22.3 Å². The molecule has 0 aliphatic carbocycles. The van der Waals surface area contributed by atoms with Crippen LogP contribution in [0, 0.1) is 13.8 Å². The second-order valence-corrected chi connectivity index (χ2v) is 5.31. The molecule has 92 valence electrons. The summed E-state index contributed by atoms with van der Waals surface area (Å²) >= 11 is 1.68. The normalized spacial score (nSPS) is 10.4. The van der Waals surface area contributed by atoms with Gasteiger partial charge in [0.15, 0.2) is 5.78 Å². The highest BCUT2D eigenvalue weighted by Gasteiger charge is 2.09. The fraction of sp³-hybridized carbons (Fsp3) is 0.188. The minimum Gasteiger partial charge on any atom is -0.289 e. The maximum atomic E-state index is 12.3. The number of aryl methyl sites for hydroxylation is 2. The fourth-order valence-electron chi connectivity index (χ4n) is 2.01. The van der Waals surface area contributed by atoms with Crippen molar-refractivity contribution in [2.45, 2.75) is 18.7 Å². The first kappa shape index (κ1) is 12.9. The van der Waals surface area contributed by atoms with Crippen molar-refractivity contribution >= 4 is 17.5 Å². The van der Waals surface area contributed by atoms with E-state index in [2.05, 4.69) is 6.07 Å². The second-order valence-electron chi connectivity index (χ2n) is 4.43. The Balaban J connectivity index is 2.34. The topological polar surface area (TPSA) is 17.1 Å². The van der Waals surface area contributed by atoms with E-state index < -0.39 is 0 Å². The third kappa shape index (κ3) is 2.82. The van der Waals surface area contributed by atoms with E-state index in [1.54, 1.807) is 11.8 Å². The molecule has 2 rings (SSSR count). The standard InChI is InChI=1S/C16H16OS/c1-11-8-12(2)10-14(9-11)16(17)13-4-6-15(18-3)7-5-13/h4-10H,1-3H3. The average molecular weight is 256 g/mol. The summed E-state index contributed by atoms with van der Waals surface area (Å²) in [5, 5.41) is 0. The first-order valence-electron chi connectivity index (χ1n) is 5.87. The number of hydrogen-bond donors (Lipinski definition) is 0. The predicted molar refractivity (Wildman–Crippen MR) is 77.6 cm³/mol. The Bertz CT molecular complexity index is 550. The zero-order valence-electron chi connectivity index (χ0n) is 10.9. The van der Waals surface area contributed by atoms with E-state index in [-0.39, 0.29) is 5.78 Å². The number of hydrogen-bond acceptors (Lipinski definition) is 2. The van der Waals surface area contributed by atoms with Crippen molar-refractivity contribution < 1.29 is 4.79 Å². The van der Waals surface area contributed by atoms with Crippen LogP contribution in [0.1, 0.15) is 27.0 Å². The summed E-state index contributed by atoms with van der Waals surface area (Å²) in [4.78, 5) is 13.5. The van der Waals surface area contributed by atoms with Crippen LogP contribution in [0.5, 0.6) is 0 Å². The molecule has 0 aliphatic rings. The quantitative estimate of drug-likeness (QED) is 0.603. The predicted octanol–water partition coefficient (Wildman–Crippen LogP) is 4.26. The molecule has 0 aliphatic heterocycles. The molecule has 2 aromatic rings. The van der Waals surface area contributed by atoms with Gasteiger partial charge in [0.2, 0.25) is 0 Å². The van der Waals surface area contributed by atoms with E-state index in [4.69, 9.17) is 0 Å². The highest BCUT2D eigenvalue weighted by molar-refractivity contribution is 7.98. The monoisotopic (exact) mass is 256 g/mol. The lowest BCUT2D eigenvalue weighted by atomic mass is 9.99. The van der Waals surface area contributed by atoms with Gasteiger partial charge in [0.25, 0.3) is 0 Å². The second kappa shape index (κ2) is 5.40. The zero-order valence-corrected chi connectivity index (χ0v) is 11.7. The molecule has 18 heavy (non-hydrogen) atoms. The molecule has 0 heterocycles. The molecule has 2 heteroatoms. The molecule has 0 radical (unpaired) electrons. The molecule has 0 spiro atoms. The number of ketones is 1. The Kier molecular flexibility index (Phi) is 3.87. The first-order valence-corrected chi connectivity index (χ1v) is 7.09. The van der Waals surface area contributed by atoms with E-state index in [1.165, 1.54) is 4.90 Å².